The monoisotopic (exact) mass is 236 g/mol. The topological polar surface area (TPSA) is 38.9 Å². The predicted octanol–water partition coefficient (Wildman–Crippen LogP) is 3.79. The van der Waals surface area contributed by atoms with Crippen molar-refractivity contribution in [2.24, 2.45) is 0 Å². The molecule has 0 saturated carbocycles. The summed E-state index contributed by atoms with van der Waals surface area (Å²) in [4.78, 5) is 2.51. The number of hydrogen-bond acceptors (Lipinski definition) is 4. The fourth-order valence-electron chi connectivity index (χ4n) is 1.71. The zero-order chi connectivity index (χ0) is 11.7. The third-order valence-corrected chi connectivity index (χ3v) is 3.95. The number of rotatable bonds is 3. The normalized spacial score (nSPS) is 11.3. The summed E-state index contributed by atoms with van der Waals surface area (Å²) in [6.07, 6.45) is 1.05. The van der Waals surface area contributed by atoms with E-state index >= 15 is 0 Å². The highest BCUT2D eigenvalue weighted by atomic mass is 32.1. The number of aryl methyl sites for hydroxylation is 2. The first-order chi connectivity index (χ1) is 7.61. The molecule has 0 bridgehead atoms. The Morgan fingerprint density at radius 2 is 2.12 bits per heavy atom. The van der Waals surface area contributed by atoms with Crippen LogP contribution in [0.2, 0.25) is 0 Å². The summed E-state index contributed by atoms with van der Waals surface area (Å²) >= 11 is 1.76. The van der Waals surface area contributed by atoms with Gasteiger partial charge in [-0.3, -0.25) is 0 Å². The molecule has 0 aromatic carbocycles. The molecule has 16 heavy (non-hydrogen) atoms. The lowest BCUT2D eigenvalue weighted by molar-refractivity contribution is 0.534. The Morgan fingerprint density at radius 1 is 1.38 bits per heavy atom. The molecule has 0 saturated heterocycles. The first kappa shape index (κ1) is 11.3. The van der Waals surface area contributed by atoms with Gasteiger partial charge in [-0.15, -0.1) is 21.5 Å². The fourth-order valence-corrected chi connectivity index (χ4v) is 2.89. The van der Waals surface area contributed by atoms with Crippen LogP contribution in [0, 0.1) is 6.92 Å². The van der Waals surface area contributed by atoms with Crippen LogP contribution >= 0.6 is 11.3 Å². The molecule has 0 amide bonds. The van der Waals surface area contributed by atoms with Crippen LogP contribution in [0.4, 0.5) is 0 Å². The zero-order valence-electron chi connectivity index (χ0n) is 10.1. The summed E-state index contributed by atoms with van der Waals surface area (Å²) in [7, 11) is 0. The van der Waals surface area contributed by atoms with E-state index in [1.807, 2.05) is 6.92 Å². The second-order valence-corrected chi connectivity index (χ2v) is 5.22. The third kappa shape index (κ3) is 2.02. The van der Waals surface area contributed by atoms with Gasteiger partial charge in [0.2, 0.25) is 5.89 Å². The molecular weight excluding hydrogens is 220 g/mol. The second kappa shape index (κ2) is 4.37. The maximum atomic E-state index is 5.45. The summed E-state index contributed by atoms with van der Waals surface area (Å²) in [6, 6.07) is 2.17. The number of thiophene rings is 1. The molecule has 0 atom stereocenters. The van der Waals surface area contributed by atoms with Crippen molar-refractivity contribution in [1.29, 1.82) is 0 Å². The van der Waals surface area contributed by atoms with Crippen LogP contribution in [0.15, 0.2) is 10.5 Å². The molecule has 0 unspecified atom stereocenters. The Hall–Kier alpha value is -1.16. The molecule has 2 rings (SSSR count). The molecule has 0 aliphatic heterocycles. The standard InChI is InChI=1S/C12H16N2OS/c1-5-9-6-10(16-11(9)7(2)3)12-14-13-8(4)15-12/h6-7H,5H2,1-4H3. The van der Waals surface area contributed by atoms with Gasteiger partial charge in [0.05, 0.1) is 4.88 Å². The van der Waals surface area contributed by atoms with Crippen LogP contribution in [-0.2, 0) is 6.42 Å². The summed E-state index contributed by atoms with van der Waals surface area (Å²) in [5.41, 5.74) is 1.39. The van der Waals surface area contributed by atoms with E-state index in [-0.39, 0.29) is 0 Å². The van der Waals surface area contributed by atoms with Gasteiger partial charge in [0.15, 0.2) is 0 Å². The van der Waals surface area contributed by atoms with E-state index in [1.54, 1.807) is 11.3 Å². The van der Waals surface area contributed by atoms with E-state index in [4.69, 9.17) is 4.42 Å². The molecule has 2 heterocycles. The first-order valence-corrected chi connectivity index (χ1v) is 6.36. The third-order valence-electron chi connectivity index (χ3n) is 2.48. The van der Waals surface area contributed by atoms with Crippen molar-refractivity contribution in [2.45, 2.75) is 40.0 Å². The summed E-state index contributed by atoms with van der Waals surface area (Å²) in [5.74, 6) is 1.81. The molecular formula is C12H16N2OS. The molecule has 2 aromatic rings. The van der Waals surface area contributed by atoms with Gasteiger partial charge in [-0.2, -0.15) is 0 Å². The fraction of sp³-hybridized carbons (Fsp3) is 0.500. The minimum Gasteiger partial charge on any atom is -0.420 e. The lowest BCUT2D eigenvalue weighted by Gasteiger charge is -2.03. The second-order valence-electron chi connectivity index (χ2n) is 4.13. The van der Waals surface area contributed by atoms with Crippen molar-refractivity contribution in [3.05, 3.63) is 22.4 Å². The van der Waals surface area contributed by atoms with E-state index in [2.05, 4.69) is 37.0 Å². The molecule has 0 radical (unpaired) electrons. The Balaban J connectivity index is 2.43. The number of aromatic nitrogens is 2. The minimum atomic E-state index is 0.553. The van der Waals surface area contributed by atoms with Crippen LogP contribution in [0.25, 0.3) is 10.8 Å². The quantitative estimate of drug-likeness (QED) is 0.813. The van der Waals surface area contributed by atoms with Crippen LogP contribution in [0.1, 0.15) is 43.0 Å². The van der Waals surface area contributed by atoms with Gasteiger partial charge >= 0.3 is 0 Å². The van der Waals surface area contributed by atoms with E-state index in [0.29, 0.717) is 17.7 Å². The molecule has 2 aromatic heterocycles. The van der Waals surface area contributed by atoms with Crippen molar-refractivity contribution in [1.82, 2.24) is 10.2 Å². The molecule has 3 nitrogen and oxygen atoms in total. The van der Waals surface area contributed by atoms with Gasteiger partial charge in [0, 0.05) is 11.8 Å². The van der Waals surface area contributed by atoms with Crippen molar-refractivity contribution < 1.29 is 4.42 Å². The highest BCUT2D eigenvalue weighted by Gasteiger charge is 2.15. The van der Waals surface area contributed by atoms with Gasteiger partial charge in [0.25, 0.3) is 5.89 Å². The maximum absolute atomic E-state index is 5.45. The van der Waals surface area contributed by atoms with Crippen LogP contribution in [-0.4, -0.2) is 10.2 Å². The Morgan fingerprint density at radius 3 is 2.56 bits per heavy atom. The van der Waals surface area contributed by atoms with Crippen molar-refractivity contribution in [3.63, 3.8) is 0 Å². The van der Waals surface area contributed by atoms with Gasteiger partial charge in [-0.05, 0) is 24.0 Å². The van der Waals surface area contributed by atoms with E-state index in [1.165, 1.54) is 10.4 Å². The van der Waals surface area contributed by atoms with Gasteiger partial charge in [-0.25, -0.2) is 0 Å². The SMILES string of the molecule is CCc1cc(-c2nnc(C)o2)sc1C(C)C. The van der Waals surface area contributed by atoms with Crippen LogP contribution < -0.4 is 0 Å². The van der Waals surface area contributed by atoms with Crippen LogP contribution in [0.5, 0.6) is 0 Å². The molecule has 0 N–H and O–H groups in total. The Labute approximate surface area is 99.5 Å². The number of hydrogen-bond donors (Lipinski definition) is 0. The van der Waals surface area contributed by atoms with Crippen molar-refractivity contribution in [2.75, 3.05) is 0 Å². The predicted molar refractivity (Wildman–Crippen MR) is 65.8 cm³/mol. The minimum absolute atomic E-state index is 0.553. The molecule has 0 fully saturated rings. The van der Waals surface area contributed by atoms with E-state index in [0.717, 1.165) is 11.3 Å². The van der Waals surface area contributed by atoms with Crippen LogP contribution in [0.3, 0.4) is 0 Å². The average Bonchev–Trinajstić information content (AvgIpc) is 2.82. The highest BCUT2D eigenvalue weighted by Crippen LogP contribution is 2.35. The largest absolute Gasteiger partial charge is 0.420 e. The van der Waals surface area contributed by atoms with Gasteiger partial charge in [0.1, 0.15) is 0 Å². The Kier molecular flexibility index (Phi) is 3.10. The maximum Gasteiger partial charge on any atom is 0.257 e. The average molecular weight is 236 g/mol. The smallest absolute Gasteiger partial charge is 0.257 e. The van der Waals surface area contributed by atoms with Crippen molar-refractivity contribution >= 4 is 11.3 Å². The molecule has 4 heteroatoms. The van der Waals surface area contributed by atoms with Gasteiger partial charge in [-0.1, -0.05) is 20.8 Å². The van der Waals surface area contributed by atoms with Gasteiger partial charge < -0.3 is 4.42 Å². The first-order valence-electron chi connectivity index (χ1n) is 5.55. The molecule has 0 spiro atoms. The summed E-state index contributed by atoms with van der Waals surface area (Å²) in [5, 5.41) is 7.92. The lowest BCUT2D eigenvalue weighted by atomic mass is 10.1. The summed E-state index contributed by atoms with van der Waals surface area (Å²) < 4.78 is 5.45. The summed E-state index contributed by atoms with van der Waals surface area (Å²) in [6.45, 7) is 8.42. The molecule has 0 aliphatic rings. The van der Waals surface area contributed by atoms with Crippen molar-refractivity contribution in [3.8, 4) is 10.8 Å². The van der Waals surface area contributed by atoms with E-state index in [9.17, 15) is 0 Å². The lowest BCUT2D eigenvalue weighted by Crippen LogP contribution is -1.87. The van der Waals surface area contributed by atoms with E-state index < -0.39 is 0 Å². The Bertz CT molecular complexity index is 485. The molecule has 86 valence electrons. The zero-order valence-corrected chi connectivity index (χ0v) is 10.9. The molecule has 0 aliphatic carbocycles. The number of nitrogens with zero attached hydrogens (tertiary/aromatic N) is 2. The highest BCUT2D eigenvalue weighted by molar-refractivity contribution is 7.15.